The molecule has 0 aliphatic carbocycles. The molecule has 1 amide bonds. The molecule has 0 aromatic heterocycles. The summed E-state index contributed by atoms with van der Waals surface area (Å²) >= 11 is 0. The number of hydrogen-bond donors (Lipinski definition) is 2. The van der Waals surface area contributed by atoms with Crippen molar-refractivity contribution >= 4 is 18.3 Å². The molecule has 2 saturated heterocycles. The van der Waals surface area contributed by atoms with Crippen molar-refractivity contribution in [3.63, 3.8) is 0 Å². The van der Waals surface area contributed by atoms with E-state index in [0.717, 1.165) is 52.2 Å². The van der Waals surface area contributed by atoms with E-state index in [4.69, 9.17) is 4.74 Å². The highest BCUT2D eigenvalue weighted by atomic mass is 35.5. The van der Waals surface area contributed by atoms with Gasteiger partial charge in [0.25, 0.3) is 0 Å². The van der Waals surface area contributed by atoms with E-state index in [1.54, 1.807) is 0 Å². The predicted octanol–water partition coefficient (Wildman–Crippen LogP) is 1.91. The lowest BCUT2D eigenvalue weighted by atomic mass is 9.96. The van der Waals surface area contributed by atoms with Crippen LogP contribution in [0.5, 0.6) is 0 Å². The van der Waals surface area contributed by atoms with Gasteiger partial charge in [0.1, 0.15) is 0 Å². The molecule has 5 nitrogen and oxygen atoms in total. The van der Waals surface area contributed by atoms with E-state index in [0.29, 0.717) is 6.54 Å². The summed E-state index contributed by atoms with van der Waals surface area (Å²) in [5.74, 6) is 0.372. The molecule has 2 aliphatic rings. The zero-order chi connectivity index (χ0) is 16.8. The molecule has 0 spiro atoms. The number of ether oxygens (including phenoxy) is 1. The van der Waals surface area contributed by atoms with Gasteiger partial charge >= 0.3 is 0 Å². The zero-order valence-electron chi connectivity index (χ0n) is 15.0. The minimum Gasteiger partial charge on any atom is -0.379 e. The van der Waals surface area contributed by atoms with E-state index >= 15 is 0 Å². The molecule has 1 atom stereocenters. The molecule has 0 bridgehead atoms. The van der Waals surface area contributed by atoms with Crippen LogP contribution in [0, 0.1) is 12.8 Å². The first-order valence-electron chi connectivity index (χ1n) is 9.11. The van der Waals surface area contributed by atoms with Gasteiger partial charge in [-0.25, -0.2) is 0 Å². The molecular weight excluding hydrogens is 338 g/mol. The van der Waals surface area contributed by atoms with Crippen LogP contribution < -0.4 is 10.6 Å². The second-order valence-corrected chi connectivity index (χ2v) is 6.84. The molecule has 2 fully saturated rings. The molecule has 1 aromatic carbocycles. The van der Waals surface area contributed by atoms with Crippen molar-refractivity contribution in [2.24, 2.45) is 5.92 Å². The maximum absolute atomic E-state index is 12.5. The molecule has 0 saturated carbocycles. The monoisotopic (exact) mass is 367 g/mol. The van der Waals surface area contributed by atoms with Crippen LogP contribution >= 0.6 is 12.4 Å². The van der Waals surface area contributed by atoms with Crippen LogP contribution in [0.4, 0.5) is 0 Å². The quantitative estimate of drug-likeness (QED) is 0.834. The summed E-state index contributed by atoms with van der Waals surface area (Å²) in [6.45, 7) is 8.04. The average Bonchev–Trinajstić information content (AvgIpc) is 2.65. The summed E-state index contributed by atoms with van der Waals surface area (Å²) in [5.41, 5.74) is 2.53. The van der Waals surface area contributed by atoms with Gasteiger partial charge in [0.2, 0.25) is 5.91 Å². The van der Waals surface area contributed by atoms with Gasteiger partial charge in [0.15, 0.2) is 0 Å². The highest BCUT2D eigenvalue weighted by Crippen LogP contribution is 2.22. The smallest absolute Gasteiger partial charge is 0.223 e. The lowest BCUT2D eigenvalue weighted by Gasteiger charge is -2.35. The Morgan fingerprint density at radius 2 is 1.88 bits per heavy atom. The van der Waals surface area contributed by atoms with E-state index in [2.05, 4.69) is 46.7 Å². The second-order valence-electron chi connectivity index (χ2n) is 6.84. The third kappa shape index (κ3) is 5.68. The SMILES string of the molecule is Cc1ccc(C(CNC(=O)C2CCNCC2)N2CCOCC2)cc1.Cl. The topological polar surface area (TPSA) is 53.6 Å². The summed E-state index contributed by atoms with van der Waals surface area (Å²) in [7, 11) is 0. The molecule has 2 N–H and O–H groups in total. The number of amides is 1. The Kier molecular flexibility index (Phi) is 8.16. The molecule has 140 valence electrons. The Morgan fingerprint density at radius 3 is 2.52 bits per heavy atom. The molecule has 0 radical (unpaired) electrons. The molecule has 3 rings (SSSR count). The van der Waals surface area contributed by atoms with Crippen LogP contribution in [-0.2, 0) is 9.53 Å². The molecule has 1 unspecified atom stereocenters. The highest BCUT2D eigenvalue weighted by molar-refractivity contribution is 5.85. The number of benzene rings is 1. The lowest BCUT2D eigenvalue weighted by molar-refractivity contribution is -0.126. The van der Waals surface area contributed by atoms with E-state index in [1.165, 1.54) is 11.1 Å². The van der Waals surface area contributed by atoms with Gasteiger partial charge in [-0.3, -0.25) is 9.69 Å². The number of nitrogens with one attached hydrogen (secondary N) is 2. The number of piperidine rings is 1. The average molecular weight is 368 g/mol. The van der Waals surface area contributed by atoms with E-state index in [-0.39, 0.29) is 30.3 Å². The van der Waals surface area contributed by atoms with Gasteiger partial charge in [-0.15, -0.1) is 12.4 Å². The normalized spacial score (nSPS) is 20.5. The van der Waals surface area contributed by atoms with Crippen molar-refractivity contribution in [1.82, 2.24) is 15.5 Å². The van der Waals surface area contributed by atoms with Crippen molar-refractivity contribution in [2.75, 3.05) is 45.9 Å². The number of carbonyl (C=O) groups is 1. The maximum atomic E-state index is 12.5. The maximum Gasteiger partial charge on any atom is 0.223 e. The summed E-state index contributed by atoms with van der Waals surface area (Å²) in [5, 5.41) is 6.53. The fourth-order valence-electron chi connectivity index (χ4n) is 3.56. The number of rotatable bonds is 5. The fraction of sp³-hybridized carbons (Fsp3) is 0.632. The molecular formula is C19H30ClN3O2. The predicted molar refractivity (Wildman–Crippen MR) is 102 cm³/mol. The summed E-state index contributed by atoms with van der Waals surface area (Å²) < 4.78 is 5.49. The van der Waals surface area contributed by atoms with Crippen molar-refractivity contribution in [3.05, 3.63) is 35.4 Å². The number of hydrogen-bond acceptors (Lipinski definition) is 4. The third-order valence-corrected chi connectivity index (χ3v) is 5.13. The first-order chi connectivity index (χ1) is 11.7. The van der Waals surface area contributed by atoms with Crippen LogP contribution in [0.1, 0.15) is 30.0 Å². The van der Waals surface area contributed by atoms with Crippen molar-refractivity contribution in [3.8, 4) is 0 Å². The number of carbonyl (C=O) groups excluding carboxylic acids is 1. The van der Waals surface area contributed by atoms with Crippen molar-refractivity contribution in [1.29, 1.82) is 0 Å². The Bertz CT molecular complexity index is 526. The molecule has 6 heteroatoms. The Morgan fingerprint density at radius 1 is 1.24 bits per heavy atom. The minimum absolute atomic E-state index is 0. The first-order valence-corrected chi connectivity index (χ1v) is 9.11. The first kappa shape index (κ1) is 20.2. The van der Waals surface area contributed by atoms with Gasteiger partial charge in [-0.2, -0.15) is 0 Å². The molecule has 2 heterocycles. The summed E-state index contributed by atoms with van der Waals surface area (Å²) in [6, 6.07) is 8.90. The van der Waals surface area contributed by atoms with Crippen molar-refractivity contribution in [2.45, 2.75) is 25.8 Å². The Labute approximate surface area is 156 Å². The fourth-order valence-corrected chi connectivity index (χ4v) is 3.56. The molecule has 25 heavy (non-hydrogen) atoms. The van der Waals surface area contributed by atoms with Crippen molar-refractivity contribution < 1.29 is 9.53 Å². The third-order valence-electron chi connectivity index (χ3n) is 5.13. The van der Waals surface area contributed by atoms with Gasteiger partial charge in [-0.1, -0.05) is 29.8 Å². The zero-order valence-corrected chi connectivity index (χ0v) is 15.8. The highest BCUT2D eigenvalue weighted by Gasteiger charge is 2.25. The van der Waals surface area contributed by atoms with Gasteiger partial charge in [0, 0.05) is 25.6 Å². The van der Waals surface area contributed by atoms with Gasteiger partial charge in [0.05, 0.1) is 19.3 Å². The Hall–Kier alpha value is -1.14. The summed E-state index contributed by atoms with van der Waals surface area (Å²) in [4.78, 5) is 14.9. The van der Waals surface area contributed by atoms with E-state index in [1.807, 2.05) is 0 Å². The summed E-state index contributed by atoms with van der Waals surface area (Å²) in [6.07, 6.45) is 1.89. The Balaban J connectivity index is 0.00000225. The van der Waals surface area contributed by atoms with E-state index in [9.17, 15) is 4.79 Å². The standard InChI is InChI=1S/C19H29N3O2.ClH/c1-15-2-4-16(5-3-15)18(22-10-12-24-13-11-22)14-21-19(23)17-6-8-20-9-7-17;/h2-5,17-18,20H,6-14H2,1H3,(H,21,23);1H. The van der Waals surface area contributed by atoms with E-state index < -0.39 is 0 Å². The number of aryl methyl sites for hydroxylation is 1. The van der Waals surface area contributed by atoms with Crippen LogP contribution in [0.25, 0.3) is 0 Å². The van der Waals surface area contributed by atoms with Crippen LogP contribution in [-0.4, -0.2) is 56.7 Å². The molecule has 1 aromatic rings. The van der Waals surface area contributed by atoms with Gasteiger partial charge in [-0.05, 0) is 38.4 Å². The molecule has 2 aliphatic heterocycles. The number of halogens is 1. The second kappa shape index (κ2) is 10.1. The van der Waals surface area contributed by atoms with Crippen LogP contribution in [0.2, 0.25) is 0 Å². The number of morpholine rings is 1. The van der Waals surface area contributed by atoms with Gasteiger partial charge < -0.3 is 15.4 Å². The van der Waals surface area contributed by atoms with Crippen LogP contribution in [0.15, 0.2) is 24.3 Å². The minimum atomic E-state index is 0. The largest absolute Gasteiger partial charge is 0.379 e. The lowest BCUT2D eigenvalue weighted by Crippen LogP contribution is -2.45. The number of nitrogens with zero attached hydrogens (tertiary/aromatic N) is 1. The van der Waals surface area contributed by atoms with Crippen LogP contribution in [0.3, 0.4) is 0 Å².